The lowest BCUT2D eigenvalue weighted by atomic mass is 9.98. The third kappa shape index (κ3) is 5.93. The van der Waals surface area contributed by atoms with E-state index in [1.807, 2.05) is 37.3 Å². The average Bonchev–Trinajstić information content (AvgIpc) is 3.23. The number of amides is 3. The van der Waals surface area contributed by atoms with Crippen LogP contribution in [0, 0.1) is 5.92 Å². The average molecular weight is 516 g/mol. The first kappa shape index (κ1) is 23.7. The summed E-state index contributed by atoms with van der Waals surface area (Å²) in [7, 11) is 1.62. The normalized spacial score (nSPS) is 22.3. The summed E-state index contributed by atoms with van der Waals surface area (Å²) in [5, 5.41) is 3.02. The van der Waals surface area contributed by atoms with Crippen LogP contribution in [0.2, 0.25) is 0 Å². The van der Waals surface area contributed by atoms with Crippen LogP contribution in [0.4, 0.5) is 10.5 Å². The minimum absolute atomic E-state index is 0.156. The number of carbonyl (C=O) groups excluding carboxylic acids is 2. The van der Waals surface area contributed by atoms with Crippen LogP contribution in [-0.2, 0) is 16.0 Å². The molecule has 7 nitrogen and oxygen atoms in total. The Balaban J connectivity index is 1.31. The number of likely N-dealkylation sites (tertiary alicyclic amines) is 1. The summed E-state index contributed by atoms with van der Waals surface area (Å²) in [6, 6.07) is 14.6. The van der Waals surface area contributed by atoms with E-state index < -0.39 is 0 Å². The smallest absolute Gasteiger partial charge is 0.329 e. The molecule has 0 spiro atoms. The lowest BCUT2D eigenvalue weighted by Crippen LogP contribution is -2.57. The number of nitrogens with zero attached hydrogens (tertiary/aromatic N) is 2. The zero-order chi connectivity index (χ0) is 23.4. The summed E-state index contributed by atoms with van der Waals surface area (Å²) in [5.41, 5.74) is 1.82. The number of imide groups is 1. The molecular weight excluding hydrogens is 486 g/mol. The Kier molecular flexibility index (Phi) is 7.67. The largest absolute Gasteiger partial charge is 0.465 e. The molecule has 2 aliphatic rings. The Morgan fingerprint density at radius 1 is 1.18 bits per heavy atom. The topological polar surface area (TPSA) is 71.1 Å². The molecule has 176 valence electrons. The first-order chi connectivity index (χ1) is 15.9. The molecule has 4 rings (SSSR count). The number of methoxy groups -OCH3 is 1. The van der Waals surface area contributed by atoms with Crippen LogP contribution in [0.1, 0.15) is 25.3 Å². The van der Waals surface area contributed by atoms with E-state index in [0.29, 0.717) is 24.6 Å². The highest BCUT2D eigenvalue weighted by molar-refractivity contribution is 9.10. The molecule has 8 heteroatoms. The van der Waals surface area contributed by atoms with Gasteiger partial charge in [-0.25, -0.2) is 9.69 Å². The molecule has 0 aromatic heterocycles. The Labute approximate surface area is 203 Å². The van der Waals surface area contributed by atoms with Gasteiger partial charge >= 0.3 is 6.03 Å². The predicted octanol–water partition coefficient (Wildman–Crippen LogP) is 4.20. The van der Waals surface area contributed by atoms with E-state index in [-0.39, 0.29) is 24.3 Å². The minimum atomic E-state index is -0.343. The molecule has 2 aromatic rings. The molecule has 2 aliphatic heterocycles. The number of urea groups is 1. The zero-order valence-electron chi connectivity index (χ0n) is 19.0. The van der Waals surface area contributed by atoms with Crippen LogP contribution in [0.3, 0.4) is 0 Å². The van der Waals surface area contributed by atoms with E-state index in [0.717, 1.165) is 36.2 Å². The van der Waals surface area contributed by atoms with Crippen LogP contribution >= 0.6 is 15.9 Å². The summed E-state index contributed by atoms with van der Waals surface area (Å²) in [4.78, 5) is 28.9. The number of halogens is 1. The summed E-state index contributed by atoms with van der Waals surface area (Å²) < 4.78 is 12.0. The fourth-order valence-electron chi connectivity index (χ4n) is 4.54. The van der Waals surface area contributed by atoms with Gasteiger partial charge in [0.1, 0.15) is 5.75 Å². The molecule has 33 heavy (non-hydrogen) atoms. The van der Waals surface area contributed by atoms with Crippen LogP contribution in [0.5, 0.6) is 5.75 Å². The summed E-state index contributed by atoms with van der Waals surface area (Å²) in [5.74, 6) is 1.15. The van der Waals surface area contributed by atoms with E-state index >= 15 is 0 Å². The molecule has 1 N–H and O–H groups in total. The lowest BCUT2D eigenvalue weighted by Gasteiger charge is -2.33. The van der Waals surface area contributed by atoms with E-state index in [1.165, 1.54) is 10.5 Å². The quantitative estimate of drug-likeness (QED) is 0.533. The Hall–Kier alpha value is -2.42. The van der Waals surface area contributed by atoms with Gasteiger partial charge in [0.15, 0.2) is 6.29 Å². The van der Waals surface area contributed by atoms with Crippen molar-refractivity contribution < 1.29 is 19.1 Å². The highest BCUT2D eigenvalue weighted by atomic mass is 79.9. The highest BCUT2D eigenvalue weighted by Crippen LogP contribution is 2.29. The van der Waals surface area contributed by atoms with Crippen molar-refractivity contribution in [2.45, 2.75) is 38.5 Å². The second kappa shape index (κ2) is 10.7. The van der Waals surface area contributed by atoms with Gasteiger partial charge in [-0.3, -0.25) is 4.79 Å². The minimum Gasteiger partial charge on any atom is -0.465 e. The summed E-state index contributed by atoms with van der Waals surface area (Å²) in [6.07, 6.45) is 2.03. The Morgan fingerprint density at radius 2 is 1.97 bits per heavy atom. The summed E-state index contributed by atoms with van der Waals surface area (Å²) >= 11 is 3.66. The zero-order valence-corrected chi connectivity index (χ0v) is 20.6. The number of para-hydroxylation sites is 1. The first-order valence-electron chi connectivity index (χ1n) is 11.3. The molecule has 2 saturated heterocycles. The van der Waals surface area contributed by atoms with Gasteiger partial charge in [-0.15, -0.1) is 0 Å². The fourth-order valence-corrected chi connectivity index (χ4v) is 4.95. The van der Waals surface area contributed by atoms with Crippen molar-refractivity contribution in [2.24, 2.45) is 5.92 Å². The number of benzene rings is 2. The maximum absolute atomic E-state index is 12.7. The van der Waals surface area contributed by atoms with Gasteiger partial charge in [0.25, 0.3) is 0 Å². The lowest BCUT2D eigenvalue weighted by molar-refractivity contribution is -0.119. The van der Waals surface area contributed by atoms with Gasteiger partial charge in [-0.2, -0.15) is 0 Å². The number of hydrogen-bond donors (Lipinski definition) is 1. The molecule has 0 bridgehead atoms. The third-order valence-corrected chi connectivity index (χ3v) is 7.00. The number of hydrogen-bond acceptors (Lipinski definition) is 5. The standard InChI is InChI=1S/C25H30BrN3O4/c1-17(32-2)33-22-8-9-23(26)19(13-22)12-18-10-11-28(15-18)16-20-14-24(30)29(25(31)27-20)21-6-4-3-5-7-21/h3-9,13,17-18,20H,10-12,14-16H2,1-2H3,(H,27,31). The molecule has 3 unspecified atom stereocenters. The molecule has 3 atom stereocenters. The predicted molar refractivity (Wildman–Crippen MR) is 130 cm³/mol. The van der Waals surface area contributed by atoms with Crippen molar-refractivity contribution in [3.63, 3.8) is 0 Å². The van der Waals surface area contributed by atoms with Crippen molar-refractivity contribution in [3.05, 3.63) is 58.6 Å². The van der Waals surface area contributed by atoms with Gasteiger partial charge in [0, 0.05) is 31.1 Å². The van der Waals surface area contributed by atoms with Crippen molar-refractivity contribution in [3.8, 4) is 5.75 Å². The number of ether oxygens (including phenoxy) is 2. The maximum Gasteiger partial charge on any atom is 0.329 e. The molecule has 2 aromatic carbocycles. The second-order valence-corrected chi connectivity index (χ2v) is 9.56. The Morgan fingerprint density at radius 3 is 2.70 bits per heavy atom. The van der Waals surface area contributed by atoms with Gasteiger partial charge in [0.05, 0.1) is 11.7 Å². The fraction of sp³-hybridized carbons (Fsp3) is 0.440. The number of nitrogens with one attached hydrogen (secondary N) is 1. The number of carbonyl (C=O) groups is 2. The molecule has 2 heterocycles. The first-order valence-corrected chi connectivity index (χ1v) is 12.1. The summed E-state index contributed by atoms with van der Waals surface area (Å²) in [6.45, 7) is 4.45. The molecular formula is C25H30BrN3O4. The van der Waals surface area contributed by atoms with E-state index in [4.69, 9.17) is 9.47 Å². The van der Waals surface area contributed by atoms with Gasteiger partial charge in [0.2, 0.25) is 5.91 Å². The van der Waals surface area contributed by atoms with E-state index in [1.54, 1.807) is 19.2 Å². The van der Waals surface area contributed by atoms with E-state index in [9.17, 15) is 9.59 Å². The van der Waals surface area contributed by atoms with Crippen molar-refractivity contribution >= 4 is 33.6 Å². The monoisotopic (exact) mass is 515 g/mol. The molecule has 0 saturated carbocycles. The van der Waals surface area contributed by atoms with Crippen molar-refractivity contribution in [1.29, 1.82) is 0 Å². The van der Waals surface area contributed by atoms with Crippen molar-refractivity contribution in [1.82, 2.24) is 10.2 Å². The third-order valence-electron chi connectivity index (χ3n) is 6.22. The van der Waals surface area contributed by atoms with E-state index in [2.05, 4.69) is 32.2 Å². The SMILES string of the molecule is COC(C)Oc1ccc(Br)c(CC2CCN(CC3CC(=O)N(c4ccccc4)C(=O)N3)C2)c1. The maximum atomic E-state index is 12.7. The number of rotatable bonds is 8. The van der Waals surface area contributed by atoms with Gasteiger partial charge < -0.3 is 19.7 Å². The van der Waals surface area contributed by atoms with Crippen molar-refractivity contribution in [2.75, 3.05) is 31.6 Å². The van der Waals surface area contributed by atoms with Crippen LogP contribution in [-0.4, -0.2) is 55.9 Å². The van der Waals surface area contributed by atoms with Gasteiger partial charge in [-0.05, 0) is 68.1 Å². The molecule has 0 aliphatic carbocycles. The second-order valence-electron chi connectivity index (χ2n) is 8.71. The Bertz CT molecular complexity index is 969. The van der Waals surface area contributed by atoms with Crippen LogP contribution in [0.15, 0.2) is 53.0 Å². The van der Waals surface area contributed by atoms with Crippen LogP contribution in [0.25, 0.3) is 0 Å². The molecule has 3 amide bonds. The van der Waals surface area contributed by atoms with Gasteiger partial charge in [-0.1, -0.05) is 34.1 Å². The van der Waals surface area contributed by atoms with Crippen LogP contribution < -0.4 is 15.0 Å². The molecule has 0 radical (unpaired) electrons. The highest BCUT2D eigenvalue weighted by Gasteiger charge is 2.35. The number of anilines is 1. The molecule has 2 fully saturated rings.